The second kappa shape index (κ2) is 5.38. The summed E-state index contributed by atoms with van der Waals surface area (Å²) < 4.78 is 8.55. The van der Waals surface area contributed by atoms with Crippen LogP contribution in [0.4, 0.5) is 0 Å². The molecule has 0 aromatic carbocycles. The van der Waals surface area contributed by atoms with Crippen molar-refractivity contribution in [2.24, 2.45) is 0 Å². The molecule has 0 fully saturated rings. The SMILES string of the molecule is O=P([O-])([O-])[O-].[Co+2].[Zn]. The molecule has 0 N–H and O–H groups in total. The molecule has 0 atom stereocenters. The Balaban J connectivity index is -0.0000000800. The van der Waals surface area contributed by atoms with E-state index in [1.165, 1.54) is 0 Å². The Morgan fingerprint density at radius 1 is 1.14 bits per heavy atom. The Labute approximate surface area is 63.5 Å². The molecule has 0 aliphatic heterocycles. The monoisotopic (exact) mass is 218 g/mol. The zero-order valence-electron chi connectivity index (χ0n) is 3.12. The molecule has 0 saturated heterocycles. The van der Waals surface area contributed by atoms with Crippen LogP contribution < -0.4 is 14.7 Å². The van der Waals surface area contributed by atoms with E-state index in [0.29, 0.717) is 0 Å². The summed E-state index contributed by atoms with van der Waals surface area (Å²) in [6.45, 7) is 0. The summed E-state index contributed by atoms with van der Waals surface area (Å²) in [6, 6.07) is 0. The molecule has 4 nitrogen and oxygen atoms in total. The van der Waals surface area contributed by atoms with Crippen molar-refractivity contribution in [1.29, 1.82) is 0 Å². The van der Waals surface area contributed by atoms with Crippen molar-refractivity contribution in [1.82, 2.24) is 0 Å². The smallest absolute Gasteiger partial charge is 0.822 e. The fraction of sp³-hybridized carbons (Fsp3) is 0. The molecule has 0 aromatic heterocycles. The standard InChI is InChI=1S/Co.H3O4P.Zn/c;1-5(2,3)4;/h;(H3,1,2,3,4);/q+2;;/p-3. The van der Waals surface area contributed by atoms with Crippen LogP contribution in [0.2, 0.25) is 0 Å². The third-order valence-corrected chi connectivity index (χ3v) is 0. The number of phosphoric acid groups is 1. The van der Waals surface area contributed by atoms with Crippen LogP contribution in [0.15, 0.2) is 0 Å². The maximum absolute atomic E-state index is 8.55. The zero-order chi connectivity index (χ0) is 4.50. The van der Waals surface area contributed by atoms with Gasteiger partial charge in [-0.2, -0.15) is 7.82 Å². The van der Waals surface area contributed by atoms with Gasteiger partial charge in [-0.3, -0.25) is 0 Å². The first-order chi connectivity index (χ1) is 2.00. The van der Waals surface area contributed by atoms with Crippen molar-refractivity contribution < 1.29 is 55.5 Å². The fourth-order valence-corrected chi connectivity index (χ4v) is 0. The molecule has 0 unspecified atom stereocenters. The first-order valence-electron chi connectivity index (χ1n) is 0.730. The van der Waals surface area contributed by atoms with Gasteiger partial charge in [0.25, 0.3) is 0 Å². The number of hydrogen-bond acceptors (Lipinski definition) is 4. The van der Waals surface area contributed by atoms with Crippen molar-refractivity contribution in [3.8, 4) is 0 Å². The summed E-state index contributed by atoms with van der Waals surface area (Å²) in [6.07, 6.45) is 0. The van der Waals surface area contributed by atoms with E-state index in [-0.39, 0.29) is 36.3 Å². The van der Waals surface area contributed by atoms with Gasteiger partial charge in [-0.25, -0.2) is 0 Å². The third kappa shape index (κ3) is 129. The van der Waals surface area contributed by atoms with E-state index in [1.54, 1.807) is 0 Å². The van der Waals surface area contributed by atoms with Gasteiger partial charge in [-0.05, 0) is 0 Å². The quantitative estimate of drug-likeness (QED) is 0.324. The van der Waals surface area contributed by atoms with Crippen LogP contribution in [0.1, 0.15) is 0 Å². The van der Waals surface area contributed by atoms with E-state index in [9.17, 15) is 0 Å². The van der Waals surface area contributed by atoms with Crippen molar-refractivity contribution in [2.45, 2.75) is 0 Å². The Morgan fingerprint density at radius 3 is 1.14 bits per heavy atom. The molecule has 7 heteroatoms. The molecule has 7 heavy (non-hydrogen) atoms. The van der Waals surface area contributed by atoms with Crippen LogP contribution in [0, 0.1) is 0 Å². The maximum Gasteiger partial charge on any atom is 2.00 e. The number of hydrogen-bond donors (Lipinski definition) is 0. The minimum Gasteiger partial charge on any atom is -0.822 e. The summed E-state index contributed by atoms with van der Waals surface area (Å²) in [5.41, 5.74) is 0. The predicted molar refractivity (Wildman–Crippen MR) is 7.61 cm³/mol. The normalized spacial score (nSPS) is 8.43. The second-order valence-electron chi connectivity index (χ2n) is 0.447. The van der Waals surface area contributed by atoms with Gasteiger partial charge in [0.2, 0.25) is 0 Å². The van der Waals surface area contributed by atoms with Gasteiger partial charge < -0.3 is 19.2 Å². The molecular weight excluding hydrogens is 219 g/mol. The van der Waals surface area contributed by atoms with Crippen molar-refractivity contribution in [3.63, 3.8) is 0 Å². The van der Waals surface area contributed by atoms with Gasteiger partial charge in [-0.1, -0.05) is 0 Å². The Hall–Kier alpha value is 1.24. The molecule has 41 valence electrons. The fourth-order valence-electron chi connectivity index (χ4n) is 0. The molecular formula is CoO4PZn-. The number of rotatable bonds is 0. The van der Waals surface area contributed by atoms with Gasteiger partial charge in [0, 0.05) is 19.5 Å². The van der Waals surface area contributed by atoms with E-state index < -0.39 is 7.82 Å². The summed E-state index contributed by atoms with van der Waals surface area (Å²) >= 11 is 0. The van der Waals surface area contributed by atoms with Gasteiger partial charge in [0.1, 0.15) is 0 Å². The van der Waals surface area contributed by atoms with Crippen LogP contribution in [0.25, 0.3) is 0 Å². The second-order valence-corrected chi connectivity index (χ2v) is 1.34. The first-order valence-corrected chi connectivity index (χ1v) is 2.19. The molecule has 0 aliphatic rings. The van der Waals surface area contributed by atoms with Crippen LogP contribution in [0.3, 0.4) is 0 Å². The van der Waals surface area contributed by atoms with Crippen molar-refractivity contribution in [3.05, 3.63) is 0 Å². The molecule has 0 aromatic rings. The molecule has 0 heterocycles. The van der Waals surface area contributed by atoms with E-state index >= 15 is 0 Å². The summed E-state index contributed by atoms with van der Waals surface area (Å²) in [5.74, 6) is 0. The van der Waals surface area contributed by atoms with Crippen molar-refractivity contribution in [2.75, 3.05) is 0 Å². The summed E-state index contributed by atoms with van der Waals surface area (Å²) in [4.78, 5) is 25.6. The third-order valence-electron chi connectivity index (χ3n) is 0. The Bertz CT molecular complexity index is 57.8. The average Bonchev–Trinajstić information content (AvgIpc) is 0.722. The van der Waals surface area contributed by atoms with Crippen LogP contribution in [-0.4, -0.2) is 0 Å². The minimum atomic E-state index is -5.39. The largest absolute Gasteiger partial charge is 2.00 e. The molecule has 0 aliphatic carbocycles. The predicted octanol–water partition coefficient (Wildman–Crippen LogP) is -2.83. The molecule has 0 saturated carbocycles. The van der Waals surface area contributed by atoms with Crippen LogP contribution in [-0.2, 0) is 40.8 Å². The molecule has 0 rings (SSSR count). The Kier molecular flexibility index (Phi) is 12.1. The summed E-state index contributed by atoms with van der Waals surface area (Å²) in [7, 11) is -5.39. The van der Waals surface area contributed by atoms with E-state index in [2.05, 4.69) is 0 Å². The summed E-state index contributed by atoms with van der Waals surface area (Å²) in [5, 5.41) is 0. The first kappa shape index (κ1) is 15.7. The van der Waals surface area contributed by atoms with Crippen LogP contribution >= 0.6 is 7.82 Å². The van der Waals surface area contributed by atoms with Crippen LogP contribution in [0.5, 0.6) is 0 Å². The van der Waals surface area contributed by atoms with E-state index in [1.807, 2.05) is 0 Å². The van der Waals surface area contributed by atoms with E-state index in [0.717, 1.165) is 0 Å². The maximum atomic E-state index is 8.55. The van der Waals surface area contributed by atoms with E-state index in [4.69, 9.17) is 19.2 Å². The van der Waals surface area contributed by atoms with Gasteiger partial charge in [-0.15, -0.1) is 0 Å². The van der Waals surface area contributed by atoms with Gasteiger partial charge >= 0.3 is 16.8 Å². The topological polar surface area (TPSA) is 86.2 Å². The minimum absolute atomic E-state index is 0. The molecule has 0 bridgehead atoms. The van der Waals surface area contributed by atoms with Gasteiger partial charge in [0.05, 0.1) is 0 Å². The molecule has 0 amide bonds. The van der Waals surface area contributed by atoms with Gasteiger partial charge in [0.15, 0.2) is 0 Å². The molecule has 1 radical (unpaired) electrons. The van der Waals surface area contributed by atoms with Crippen molar-refractivity contribution >= 4 is 7.82 Å². The average molecular weight is 219 g/mol. The molecule has 0 spiro atoms. The zero-order valence-corrected chi connectivity index (χ0v) is 8.02. The Morgan fingerprint density at radius 2 is 1.14 bits per heavy atom.